The Bertz CT molecular complexity index is 557. The molecule has 1 heterocycles. The molecule has 19 heavy (non-hydrogen) atoms. The minimum absolute atomic E-state index is 0.0528. The van der Waals surface area contributed by atoms with Crippen LogP contribution in [0.2, 0.25) is 0 Å². The van der Waals surface area contributed by atoms with Gasteiger partial charge >= 0.3 is 5.97 Å². The van der Waals surface area contributed by atoms with Gasteiger partial charge in [-0.1, -0.05) is 17.7 Å². The fourth-order valence-corrected chi connectivity index (χ4v) is 1.92. The average Bonchev–Trinajstić information content (AvgIpc) is 2.74. The number of furan rings is 1. The number of nitrogens with zero attached hydrogens (tertiary/aromatic N) is 1. The van der Waals surface area contributed by atoms with Crippen LogP contribution in [-0.4, -0.2) is 17.6 Å². The average molecular weight is 259 g/mol. The zero-order chi connectivity index (χ0) is 13.8. The van der Waals surface area contributed by atoms with Crippen LogP contribution in [0.3, 0.4) is 0 Å². The van der Waals surface area contributed by atoms with E-state index in [1.165, 1.54) is 0 Å². The van der Waals surface area contributed by atoms with Crippen LogP contribution in [-0.2, 0) is 11.3 Å². The van der Waals surface area contributed by atoms with Crippen LogP contribution in [0.1, 0.15) is 17.1 Å². The number of benzene rings is 1. The van der Waals surface area contributed by atoms with Gasteiger partial charge < -0.3 is 14.4 Å². The second-order valence-corrected chi connectivity index (χ2v) is 4.60. The van der Waals surface area contributed by atoms with Gasteiger partial charge in [0.1, 0.15) is 18.1 Å². The first kappa shape index (κ1) is 13.2. The Morgan fingerprint density at radius 3 is 2.37 bits per heavy atom. The van der Waals surface area contributed by atoms with Gasteiger partial charge in [-0.2, -0.15) is 0 Å². The summed E-state index contributed by atoms with van der Waals surface area (Å²) < 4.78 is 5.51. The number of hydrogen-bond acceptors (Lipinski definition) is 3. The maximum absolute atomic E-state index is 11.0. The van der Waals surface area contributed by atoms with Crippen LogP contribution in [0, 0.1) is 13.8 Å². The number of aryl methyl sites for hydroxylation is 2. The van der Waals surface area contributed by atoms with Crippen molar-refractivity contribution in [3.05, 3.63) is 53.5 Å². The zero-order valence-corrected chi connectivity index (χ0v) is 11.1. The lowest BCUT2D eigenvalue weighted by Crippen LogP contribution is -2.28. The van der Waals surface area contributed by atoms with E-state index >= 15 is 0 Å². The Balaban J connectivity index is 2.20. The monoisotopic (exact) mass is 259 g/mol. The van der Waals surface area contributed by atoms with Crippen molar-refractivity contribution in [1.29, 1.82) is 0 Å². The van der Waals surface area contributed by atoms with Crippen molar-refractivity contribution in [2.24, 2.45) is 0 Å². The lowest BCUT2D eigenvalue weighted by atomic mass is 10.2. The summed E-state index contributed by atoms with van der Waals surface area (Å²) in [7, 11) is 0. The molecule has 0 unspecified atom stereocenters. The fraction of sp³-hybridized carbons (Fsp3) is 0.267. The normalized spacial score (nSPS) is 10.4. The van der Waals surface area contributed by atoms with Crippen molar-refractivity contribution < 1.29 is 14.3 Å². The predicted molar refractivity (Wildman–Crippen MR) is 73.3 cm³/mol. The summed E-state index contributed by atoms with van der Waals surface area (Å²) in [6, 6.07) is 11.5. The SMILES string of the molecule is Cc1ccc(N(CC(=O)O)Cc2ccc(C)o2)cc1. The lowest BCUT2D eigenvalue weighted by molar-refractivity contribution is -0.135. The van der Waals surface area contributed by atoms with E-state index in [0.717, 1.165) is 22.8 Å². The van der Waals surface area contributed by atoms with Gasteiger partial charge in [0, 0.05) is 5.69 Å². The van der Waals surface area contributed by atoms with E-state index in [0.29, 0.717) is 6.54 Å². The van der Waals surface area contributed by atoms with Crippen LogP contribution in [0.25, 0.3) is 0 Å². The first-order valence-electron chi connectivity index (χ1n) is 6.13. The maximum atomic E-state index is 11.0. The molecule has 2 rings (SSSR count). The highest BCUT2D eigenvalue weighted by atomic mass is 16.4. The highest BCUT2D eigenvalue weighted by Crippen LogP contribution is 2.19. The molecule has 0 atom stereocenters. The molecule has 0 saturated carbocycles. The van der Waals surface area contributed by atoms with Crippen molar-refractivity contribution in [1.82, 2.24) is 0 Å². The molecule has 0 saturated heterocycles. The van der Waals surface area contributed by atoms with E-state index in [9.17, 15) is 4.79 Å². The van der Waals surface area contributed by atoms with Gasteiger partial charge in [0.25, 0.3) is 0 Å². The molecule has 0 bridgehead atoms. The first-order chi connectivity index (χ1) is 9.04. The molecular weight excluding hydrogens is 242 g/mol. The van der Waals surface area contributed by atoms with E-state index < -0.39 is 5.97 Å². The highest BCUT2D eigenvalue weighted by Gasteiger charge is 2.13. The summed E-state index contributed by atoms with van der Waals surface area (Å²) in [5, 5.41) is 9.01. The smallest absolute Gasteiger partial charge is 0.323 e. The molecule has 0 aliphatic carbocycles. The van der Waals surface area contributed by atoms with Crippen LogP contribution < -0.4 is 4.90 Å². The quantitative estimate of drug-likeness (QED) is 0.896. The molecule has 0 aliphatic heterocycles. The van der Waals surface area contributed by atoms with Crippen LogP contribution >= 0.6 is 0 Å². The standard InChI is InChI=1S/C15H17NO3/c1-11-3-6-13(7-4-11)16(10-15(17)18)9-14-8-5-12(2)19-14/h3-8H,9-10H2,1-2H3,(H,17,18). The van der Waals surface area contributed by atoms with Gasteiger partial charge in [0.05, 0.1) is 6.54 Å². The summed E-state index contributed by atoms with van der Waals surface area (Å²) in [5.41, 5.74) is 2.02. The molecule has 0 aliphatic rings. The Hall–Kier alpha value is -2.23. The summed E-state index contributed by atoms with van der Waals surface area (Å²) >= 11 is 0. The summed E-state index contributed by atoms with van der Waals surface area (Å²) in [6.45, 7) is 4.27. The molecule has 100 valence electrons. The highest BCUT2D eigenvalue weighted by molar-refractivity contribution is 5.73. The van der Waals surface area contributed by atoms with Gasteiger partial charge in [0.2, 0.25) is 0 Å². The molecule has 4 nitrogen and oxygen atoms in total. The second-order valence-electron chi connectivity index (χ2n) is 4.60. The molecule has 0 radical (unpaired) electrons. The third kappa shape index (κ3) is 3.61. The van der Waals surface area contributed by atoms with Crippen LogP contribution in [0.4, 0.5) is 5.69 Å². The van der Waals surface area contributed by atoms with E-state index in [1.807, 2.05) is 50.2 Å². The molecule has 1 aromatic heterocycles. The van der Waals surface area contributed by atoms with E-state index in [2.05, 4.69) is 0 Å². The van der Waals surface area contributed by atoms with Gasteiger partial charge in [-0.05, 0) is 38.1 Å². The largest absolute Gasteiger partial charge is 0.480 e. The topological polar surface area (TPSA) is 53.7 Å². The maximum Gasteiger partial charge on any atom is 0.323 e. The summed E-state index contributed by atoms with van der Waals surface area (Å²) in [5.74, 6) is 0.734. The third-order valence-corrected chi connectivity index (χ3v) is 2.87. The minimum Gasteiger partial charge on any atom is -0.480 e. The second kappa shape index (κ2) is 5.61. The van der Waals surface area contributed by atoms with Crippen molar-refractivity contribution in [3.63, 3.8) is 0 Å². The van der Waals surface area contributed by atoms with E-state index in [4.69, 9.17) is 9.52 Å². The van der Waals surface area contributed by atoms with E-state index in [1.54, 1.807) is 4.90 Å². The van der Waals surface area contributed by atoms with Crippen molar-refractivity contribution in [3.8, 4) is 0 Å². The fourth-order valence-electron chi connectivity index (χ4n) is 1.92. The Labute approximate surface area is 112 Å². The molecule has 4 heteroatoms. The molecule has 0 spiro atoms. The van der Waals surface area contributed by atoms with Crippen LogP contribution in [0.15, 0.2) is 40.8 Å². The number of carboxylic acid groups (broad SMARTS) is 1. The van der Waals surface area contributed by atoms with Gasteiger partial charge in [-0.25, -0.2) is 0 Å². The predicted octanol–water partition coefficient (Wildman–Crippen LogP) is 2.99. The van der Waals surface area contributed by atoms with Gasteiger partial charge in [-0.15, -0.1) is 0 Å². The van der Waals surface area contributed by atoms with E-state index in [-0.39, 0.29) is 6.54 Å². The first-order valence-corrected chi connectivity index (χ1v) is 6.13. The molecule has 0 amide bonds. The van der Waals surface area contributed by atoms with Crippen LogP contribution in [0.5, 0.6) is 0 Å². The van der Waals surface area contributed by atoms with Gasteiger partial charge in [0.15, 0.2) is 0 Å². The minimum atomic E-state index is -0.858. The number of rotatable bonds is 5. The number of carboxylic acids is 1. The molecule has 1 aromatic carbocycles. The molecule has 0 fully saturated rings. The Morgan fingerprint density at radius 2 is 1.84 bits per heavy atom. The van der Waals surface area contributed by atoms with Gasteiger partial charge in [-0.3, -0.25) is 4.79 Å². The van der Waals surface area contributed by atoms with Crippen molar-refractivity contribution >= 4 is 11.7 Å². The Morgan fingerprint density at radius 1 is 1.16 bits per heavy atom. The third-order valence-electron chi connectivity index (χ3n) is 2.87. The Kier molecular flexibility index (Phi) is 3.90. The summed E-state index contributed by atoms with van der Waals surface area (Å²) in [6.07, 6.45) is 0. The lowest BCUT2D eigenvalue weighted by Gasteiger charge is -2.21. The van der Waals surface area contributed by atoms with Crippen molar-refractivity contribution in [2.45, 2.75) is 20.4 Å². The number of carbonyl (C=O) groups is 1. The molecule has 2 aromatic rings. The summed E-state index contributed by atoms with van der Waals surface area (Å²) in [4.78, 5) is 12.8. The number of aliphatic carboxylic acids is 1. The molecule has 1 N–H and O–H groups in total. The molecular formula is C15H17NO3. The number of hydrogen-bond donors (Lipinski definition) is 1. The zero-order valence-electron chi connectivity index (χ0n) is 11.1. The van der Waals surface area contributed by atoms with Crippen molar-refractivity contribution in [2.75, 3.05) is 11.4 Å². The number of anilines is 1.